The molecular weight excluding hydrogens is 726 g/mol. The second-order valence-corrected chi connectivity index (χ2v) is 13.3. The van der Waals surface area contributed by atoms with E-state index in [1.165, 1.54) is 5.56 Å². The summed E-state index contributed by atoms with van der Waals surface area (Å²) in [6, 6.07) is 32.1. The van der Waals surface area contributed by atoms with Crippen molar-refractivity contribution in [2.24, 2.45) is 0 Å². The fourth-order valence-electron chi connectivity index (χ4n) is 5.90. The van der Waals surface area contributed by atoms with E-state index in [1.54, 1.807) is 6.07 Å². The Hall–Kier alpha value is -4.21. The normalized spacial score (nSPS) is 12.2. The number of benzene rings is 4. The number of pyridine rings is 2. The van der Waals surface area contributed by atoms with Gasteiger partial charge in [-0.25, -0.2) is 9.97 Å². The fraction of sp³-hybridized carbons (Fsp3) is 0.211. The van der Waals surface area contributed by atoms with E-state index in [1.807, 2.05) is 60.8 Å². The third-order valence-corrected chi connectivity index (χ3v) is 8.20. The minimum Gasteiger partial charge on any atom is -0.506 e. The molecule has 0 atom stereocenters. The molecular formula is C38H34N3O2Pt-. The van der Waals surface area contributed by atoms with Crippen molar-refractivity contribution in [1.82, 2.24) is 14.5 Å². The number of nitrogens with zero attached hydrogens (tertiary/aromatic N) is 3. The average molecular weight is 760 g/mol. The van der Waals surface area contributed by atoms with Crippen molar-refractivity contribution in [1.29, 1.82) is 0 Å². The topological polar surface area (TPSA) is 60.2 Å². The van der Waals surface area contributed by atoms with E-state index >= 15 is 0 Å². The maximum Gasteiger partial charge on any atom is 0.225 e. The summed E-state index contributed by atoms with van der Waals surface area (Å²) in [4.78, 5) is 9.58. The van der Waals surface area contributed by atoms with Crippen LogP contribution in [0.5, 0.6) is 17.4 Å². The van der Waals surface area contributed by atoms with Crippen LogP contribution in [-0.2, 0) is 31.9 Å². The Morgan fingerprint density at radius 2 is 1.45 bits per heavy atom. The molecule has 6 heteroatoms. The maximum atomic E-state index is 10.7. The van der Waals surface area contributed by atoms with Gasteiger partial charge in [-0.15, -0.1) is 17.0 Å². The van der Waals surface area contributed by atoms with Gasteiger partial charge in [0, 0.05) is 49.3 Å². The van der Waals surface area contributed by atoms with Gasteiger partial charge >= 0.3 is 0 Å². The van der Waals surface area contributed by atoms with E-state index in [2.05, 4.69) is 76.4 Å². The smallest absolute Gasteiger partial charge is 0.225 e. The van der Waals surface area contributed by atoms with Crippen molar-refractivity contribution in [3.8, 4) is 23.2 Å². The number of hydrogen-bond acceptors (Lipinski definition) is 4. The minimum absolute atomic E-state index is 0. The molecule has 0 bridgehead atoms. The molecule has 3 aromatic heterocycles. The molecule has 0 unspecified atom stereocenters. The van der Waals surface area contributed by atoms with Gasteiger partial charge in [0.25, 0.3) is 0 Å². The number of fused-ring (bicyclic) bond motifs is 6. The molecule has 7 aromatic rings. The minimum atomic E-state index is -0.254. The van der Waals surface area contributed by atoms with Gasteiger partial charge in [-0.05, 0) is 52.1 Å². The first-order valence-corrected chi connectivity index (χ1v) is 14.7. The van der Waals surface area contributed by atoms with Crippen LogP contribution in [0, 0.1) is 6.07 Å². The first-order valence-electron chi connectivity index (χ1n) is 14.7. The molecule has 0 aliphatic rings. The van der Waals surface area contributed by atoms with E-state index < -0.39 is 0 Å². The number of phenolic OH excluding ortho intramolecular Hbond substituents is 1. The van der Waals surface area contributed by atoms with Gasteiger partial charge in [0.15, 0.2) is 0 Å². The van der Waals surface area contributed by atoms with Crippen LogP contribution < -0.4 is 4.74 Å². The zero-order valence-electron chi connectivity index (χ0n) is 25.7. The first kappa shape index (κ1) is 29.8. The Bertz CT molecular complexity index is 2190. The van der Waals surface area contributed by atoms with Crippen LogP contribution in [0.4, 0.5) is 0 Å². The molecule has 4 aromatic carbocycles. The van der Waals surface area contributed by atoms with E-state index in [0.717, 1.165) is 49.3 Å². The molecule has 0 aliphatic heterocycles. The number of aromatic hydroxyl groups is 1. The third kappa shape index (κ3) is 4.94. The van der Waals surface area contributed by atoms with Gasteiger partial charge in [-0.3, -0.25) is 0 Å². The van der Waals surface area contributed by atoms with Crippen molar-refractivity contribution in [2.45, 2.75) is 52.4 Å². The van der Waals surface area contributed by atoms with Gasteiger partial charge in [-0.2, -0.15) is 6.07 Å². The van der Waals surface area contributed by atoms with Crippen molar-refractivity contribution in [2.75, 3.05) is 0 Å². The summed E-state index contributed by atoms with van der Waals surface area (Å²) in [6.07, 6.45) is 1.81. The Morgan fingerprint density at radius 1 is 0.727 bits per heavy atom. The summed E-state index contributed by atoms with van der Waals surface area (Å²) < 4.78 is 8.93. The molecule has 44 heavy (non-hydrogen) atoms. The van der Waals surface area contributed by atoms with Crippen molar-refractivity contribution in [3.63, 3.8) is 0 Å². The molecule has 1 N–H and O–H groups in total. The van der Waals surface area contributed by atoms with Gasteiger partial charge in [-0.1, -0.05) is 101 Å². The zero-order valence-corrected chi connectivity index (χ0v) is 27.9. The van der Waals surface area contributed by atoms with Crippen LogP contribution in [0.1, 0.15) is 52.7 Å². The van der Waals surface area contributed by atoms with Crippen LogP contribution >= 0.6 is 0 Å². The van der Waals surface area contributed by atoms with Crippen LogP contribution in [0.2, 0.25) is 0 Å². The number of phenols is 1. The molecule has 0 aliphatic carbocycles. The predicted molar refractivity (Wildman–Crippen MR) is 176 cm³/mol. The van der Waals surface area contributed by atoms with Gasteiger partial charge in [0.2, 0.25) is 5.88 Å². The standard InChI is InChI=1S/C38H34N3O2.Pt/c1-37(2,3)23-17-18-30-27(20-23)28-21-29(38(4,5)6)33(22-31(28)41(30)34-16-9-10-19-39-34)43-36-26-13-8-7-12-24(26)25-14-11-15-32(42)35(25)40-36;/h7-21,42H,1-6H3;/q-1;. The Balaban J connectivity index is 0.00000343. The molecule has 224 valence electrons. The SMILES string of the molecule is CC(C)(C)c1ccc2c(c1)c1cc(C(C)(C)C)c(Oc3nc4c(O)cccc4c4ccccc34)[c-]c1n2-c1ccccn1.[Pt]. The molecule has 0 fully saturated rings. The quantitative estimate of drug-likeness (QED) is 0.144. The average Bonchev–Trinajstić information content (AvgIpc) is 3.29. The summed E-state index contributed by atoms with van der Waals surface area (Å²) in [5, 5.41) is 15.7. The summed E-state index contributed by atoms with van der Waals surface area (Å²) in [6.45, 7) is 13.3. The van der Waals surface area contributed by atoms with Crippen molar-refractivity contribution in [3.05, 3.63) is 108 Å². The first-order chi connectivity index (χ1) is 20.5. The predicted octanol–water partition coefficient (Wildman–Crippen LogP) is 9.77. The number of rotatable bonds is 3. The Morgan fingerprint density at radius 3 is 2.16 bits per heavy atom. The number of ether oxygens (including phenoxy) is 1. The summed E-state index contributed by atoms with van der Waals surface area (Å²) >= 11 is 0. The number of aromatic nitrogens is 3. The van der Waals surface area contributed by atoms with Crippen molar-refractivity contribution < 1.29 is 30.9 Å². The van der Waals surface area contributed by atoms with Crippen LogP contribution in [0.3, 0.4) is 0 Å². The van der Waals surface area contributed by atoms with Gasteiger partial charge in [0.05, 0.1) is 0 Å². The third-order valence-electron chi connectivity index (χ3n) is 8.20. The molecule has 3 heterocycles. The summed E-state index contributed by atoms with van der Waals surface area (Å²) in [5.74, 6) is 1.97. The van der Waals surface area contributed by atoms with E-state index in [9.17, 15) is 5.11 Å². The second kappa shape index (κ2) is 10.7. The van der Waals surface area contributed by atoms with Crippen LogP contribution in [-0.4, -0.2) is 19.6 Å². The van der Waals surface area contributed by atoms with Crippen LogP contribution in [0.15, 0.2) is 91.1 Å². The monoisotopic (exact) mass is 759 g/mol. The number of para-hydroxylation sites is 1. The van der Waals surface area contributed by atoms with Crippen molar-refractivity contribution >= 4 is 43.5 Å². The molecule has 7 rings (SSSR count). The maximum absolute atomic E-state index is 10.7. The Kier molecular flexibility index (Phi) is 7.29. The summed E-state index contributed by atoms with van der Waals surface area (Å²) in [7, 11) is 0. The van der Waals surface area contributed by atoms with E-state index in [4.69, 9.17) is 14.7 Å². The Labute approximate surface area is 271 Å². The molecule has 0 saturated carbocycles. The molecule has 0 amide bonds. The van der Waals surface area contributed by atoms with E-state index in [0.29, 0.717) is 17.1 Å². The molecule has 0 saturated heterocycles. The molecule has 0 spiro atoms. The van der Waals surface area contributed by atoms with Gasteiger partial charge < -0.3 is 14.4 Å². The zero-order chi connectivity index (χ0) is 30.1. The van der Waals surface area contributed by atoms with E-state index in [-0.39, 0.29) is 37.6 Å². The summed E-state index contributed by atoms with van der Waals surface area (Å²) in [5.41, 5.74) is 4.49. The van der Waals surface area contributed by atoms with Crippen LogP contribution in [0.25, 0.3) is 49.3 Å². The fourth-order valence-corrected chi connectivity index (χ4v) is 5.90. The van der Waals surface area contributed by atoms with Gasteiger partial charge in [0.1, 0.15) is 17.1 Å². The number of hydrogen-bond donors (Lipinski definition) is 1. The largest absolute Gasteiger partial charge is 0.506 e. The molecule has 0 radical (unpaired) electrons. The second-order valence-electron chi connectivity index (χ2n) is 13.3. The molecule has 5 nitrogen and oxygen atoms in total.